The average Bonchev–Trinajstić information content (AvgIpc) is 2.64. The van der Waals surface area contributed by atoms with Crippen LogP contribution in [0.3, 0.4) is 0 Å². The highest BCUT2D eigenvalue weighted by Gasteiger charge is 2.17. The van der Waals surface area contributed by atoms with E-state index in [9.17, 15) is 10.3 Å². The number of rotatable bonds is 3. The van der Waals surface area contributed by atoms with E-state index in [1.807, 2.05) is 30.3 Å². The van der Waals surface area contributed by atoms with Gasteiger partial charge in [-0.25, -0.2) is 0 Å². The van der Waals surface area contributed by atoms with Crippen molar-refractivity contribution in [1.82, 2.24) is 4.90 Å². The number of hydrogen-bond acceptors (Lipinski definition) is 3. The van der Waals surface area contributed by atoms with Crippen molar-refractivity contribution in [2.75, 3.05) is 13.1 Å². The zero-order valence-corrected chi connectivity index (χ0v) is 15.1. The van der Waals surface area contributed by atoms with Crippen LogP contribution in [0.25, 0.3) is 22.0 Å². The standard InChI is InChI=1S/C22H24N2O2/c1-16-3-2-4-19-15-24(26)22(13-21(16)19)18-7-5-17(6-8-18)14-23-11-9-20(25)10-12-23/h2-8,13,15,20,25H,9-12,14H2,1H3. The van der Waals surface area contributed by atoms with E-state index in [1.54, 1.807) is 6.20 Å². The van der Waals surface area contributed by atoms with Crippen LogP contribution in [0.1, 0.15) is 24.0 Å². The molecule has 26 heavy (non-hydrogen) atoms. The predicted octanol–water partition coefficient (Wildman–Crippen LogP) is 3.41. The van der Waals surface area contributed by atoms with Gasteiger partial charge >= 0.3 is 0 Å². The van der Waals surface area contributed by atoms with E-state index in [-0.39, 0.29) is 6.10 Å². The Hall–Kier alpha value is -2.43. The molecule has 4 rings (SSSR count). The molecule has 0 radical (unpaired) electrons. The van der Waals surface area contributed by atoms with E-state index >= 15 is 0 Å². The molecule has 2 aromatic carbocycles. The number of aromatic nitrogens is 1. The number of piperidine rings is 1. The molecule has 134 valence electrons. The number of aliphatic hydroxyl groups is 1. The highest BCUT2D eigenvalue weighted by Crippen LogP contribution is 2.24. The molecule has 4 heteroatoms. The van der Waals surface area contributed by atoms with Gasteiger partial charge in [0.2, 0.25) is 5.69 Å². The minimum Gasteiger partial charge on any atom is -0.618 e. The number of aryl methyl sites for hydroxylation is 1. The Balaban J connectivity index is 1.58. The minimum absolute atomic E-state index is 0.141. The second-order valence-electron chi connectivity index (χ2n) is 7.27. The first kappa shape index (κ1) is 17.0. The predicted molar refractivity (Wildman–Crippen MR) is 104 cm³/mol. The molecule has 1 N–H and O–H groups in total. The maximum absolute atomic E-state index is 12.5. The number of aliphatic hydroxyl groups excluding tert-OH is 1. The van der Waals surface area contributed by atoms with E-state index in [4.69, 9.17) is 0 Å². The van der Waals surface area contributed by atoms with Gasteiger partial charge in [-0.05, 0) is 54.5 Å². The van der Waals surface area contributed by atoms with E-state index in [2.05, 4.69) is 30.0 Å². The summed E-state index contributed by atoms with van der Waals surface area (Å²) in [5.41, 5.74) is 4.02. The number of nitrogens with zero attached hydrogens (tertiary/aromatic N) is 2. The fourth-order valence-electron chi connectivity index (χ4n) is 3.74. The highest BCUT2D eigenvalue weighted by molar-refractivity contribution is 5.86. The maximum Gasteiger partial charge on any atom is 0.224 e. The van der Waals surface area contributed by atoms with Gasteiger partial charge in [0.1, 0.15) is 0 Å². The summed E-state index contributed by atoms with van der Waals surface area (Å²) < 4.78 is 0.961. The lowest BCUT2D eigenvalue weighted by Crippen LogP contribution is -2.35. The number of fused-ring (bicyclic) bond motifs is 1. The van der Waals surface area contributed by atoms with Gasteiger partial charge in [0, 0.05) is 36.7 Å². The molecule has 1 aliphatic rings. The second kappa shape index (κ2) is 7.06. The molecule has 3 aromatic rings. The van der Waals surface area contributed by atoms with Crippen molar-refractivity contribution in [2.24, 2.45) is 0 Å². The molecule has 0 spiro atoms. The van der Waals surface area contributed by atoms with Crippen molar-refractivity contribution in [3.63, 3.8) is 0 Å². The van der Waals surface area contributed by atoms with Gasteiger partial charge in [0.05, 0.1) is 6.10 Å². The van der Waals surface area contributed by atoms with Gasteiger partial charge in [-0.3, -0.25) is 4.90 Å². The quantitative estimate of drug-likeness (QED) is 0.583. The van der Waals surface area contributed by atoms with Gasteiger partial charge < -0.3 is 10.3 Å². The summed E-state index contributed by atoms with van der Waals surface area (Å²) in [7, 11) is 0. The summed E-state index contributed by atoms with van der Waals surface area (Å²) in [4.78, 5) is 2.37. The molecule has 1 aromatic heterocycles. The van der Waals surface area contributed by atoms with Crippen LogP contribution < -0.4 is 4.73 Å². The molecule has 0 bridgehead atoms. The third kappa shape index (κ3) is 3.43. The Labute approximate surface area is 153 Å². The van der Waals surface area contributed by atoms with Gasteiger partial charge in [-0.2, -0.15) is 4.73 Å². The first-order chi connectivity index (χ1) is 12.6. The molecule has 0 saturated carbocycles. The van der Waals surface area contributed by atoms with Crippen LogP contribution in [0.2, 0.25) is 0 Å². The Morgan fingerprint density at radius 2 is 1.85 bits per heavy atom. The zero-order valence-electron chi connectivity index (χ0n) is 15.1. The van der Waals surface area contributed by atoms with Crippen LogP contribution in [-0.4, -0.2) is 29.2 Å². The topological polar surface area (TPSA) is 50.4 Å². The summed E-state index contributed by atoms with van der Waals surface area (Å²) >= 11 is 0. The van der Waals surface area contributed by atoms with Crippen molar-refractivity contribution >= 4 is 10.8 Å². The Kier molecular flexibility index (Phi) is 4.62. The molecule has 1 fully saturated rings. The Morgan fingerprint density at radius 3 is 2.58 bits per heavy atom. The smallest absolute Gasteiger partial charge is 0.224 e. The van der Waals surface area contributed by atoms with Gasteiger partial charge in [-0.15, -0.1) is 0 Å². The largest absolute Gasteiger partial charge is 0.618 e. The van der Waals surface area contributed by atoms with Crippen LogP contribution in [0, 0.1) is 12.1 Å². The summed E-state index contributed by atoms with van der Waals surface area (Å²) in [6.07, 6.45) is 3.22. The summed E-state index contributed by atoms with van der Waals surface area (Å²) in [6.45, 7) is 4.84. The van der Waals surface area contributed by atoms with E-state index in [0.717, 1.165) is 53.5 Å². The molecule has 0 unspecified atom stereocenters. The van der Waals surface area contributed by atoms with E-state index in [0.29, 0.717) is 5.69 Å². The van der Waals surface area contributed by atoms with Crippen molar-refractivity contribution in [3.05, 3.63) is 71.1 Å². The van der Waals surface area contributed by atoms with Gasteiger partial charge in [-0.1, -0.05) is 24.3 Å². The number of hydrogen-bond donors (Lipinski definition) is 1. The molecule has 1 aliphatic heterocycles. The SMILES string of the molecule is Cc1cccc2c[n+]([O-])c(-c3ccc(CN4CCC(O)CC4)cc3)cc12. The molecular formula is C22H24N2O2. The fourth-order valence-corrected chi connectivity index (χ4v) is 3.74. The molecule has 0 amide bonds. The van der Waals surface area contributed by atoms with Crippen LogP contribution in [0.5, 0.6) is 0 Å². The van der Waals surface area contributed by atoms with Crippen LogP contribution in [0.4, 0.5) is 0 Å². The average molecular weight is 348 g/mol. The fraction of sp³-hybridized carbons (Fsp3) is 0.318. The molecular weight excluding hydrogens is 324 g/mol. The van der Waals surface area contributed by atoms with Crippen molar-refractivity contribution in [2.45, 2.75) is 32.4 Å². The lowest BCUT2D eigenvalue weighted by atomic mass is 10.0. The Morgan fingerprint density at radius 1 is 1.12 bits per heavy atom. The number of likely N-dealkylation sites (tertiary alicyclic amines) is 1. The number of pyridine rings is 1. The normalized spacial score (nSPS) is 16.2. The van der Waals surface area contributed by atoms with Crippen molar-refractivity contribution < 1.29 is 9.84 Å². The van der Waals surface area contributed by atoms with Crippen LogP contribution in [-0.2, 0) is 6.54 Å². The zero-order chi connectivity index (χ0) is 18.1. The van der Waals surface area contributed by atoms with E-state index in [1.165, 1.54) is 11.1 Å². The minimum atomic E-state index is -0.141. The maximum atomic E-state index is 12.5. The third-order valence-electron chi connectivity index (χ3n) is 5.35. The van der Waals surface area contributed by atoms with Crippen molar-refractivity contribution in [3.8, 4) is 11.3 Å². The van der Waals surface area contributed by atoms with E-state index < -0.39 is 0 Å². The lowest BCUT2D eigenvalue weighted by Gasteiger charge is -2.29. The van der Waals surface area contributed by atoms with Gasteiger partial charge in [0.25, 0.3) is 0 Å². The summed E-state index contributed by atoms with van der Waals surface area (Å²) in [5.74, 6) is 0. The molecule has 0 atom stereocenters. The third-order valence-corrected chi connectivity index (χ3v) is 5.35. The summed E-state index contributed by atoms with van der Waals surface area (Å²) in [6, 6.07) is 16.3. The Bertz CT molecular complexity index is 913. The number of benzene rings is 2. The van der Waals surface area contributed by atoms with Crippen LogP contribution >= 0.6 is 0 Å². The highest BCUT2D eigenvalue weighted by atomic mass is 16.5. The van der Waals surface area contributed by atoms with Crippen molar-refractivity contribution in [1.29, 1.82) is 0 Å². The first-order valence-corrected chi connectivity index (χ1v) is 9.22. The summed E-state index contributed by atoms with van der Waals surface area (Å²) in [5, 5.41) is 24.2. The molecule has 4 nitrogen and oxygen atoms in total. The second-order valence-corrected chi connectivity index (χ2v) is 7.27. The monoisotopic (exact) mass is 348 g/mol. The first-order valence-electron chi connectivity index (χ1n) is 9.22. The molecule has 2 heterocycles. The lowest BCUT2D eigenvalue weighted by molar-refractivity contribution is -0.592. The molecule has 0 aliphatic carbocycles. The molecule has 1 saturated heterocycles. The van der Waals surface area contributed by atoms with Crippen LogP contribution in [0.15, 0.2) is 54.7 Å². The van der Waals surface area contributed by atoms with Gasteiger partial charge in [0.15, 0.2) is 6.20 Å².